The van der Waals surface area contributed by atoms with Gasteiger partial charge in [-0.2, -0.15) is 13.2 Å². The van der Waals surface area contributed by atoms with Crippen LogP contribution in [0.2, 0.25) is 0 Å². The molecular formula is C8H11F3. The maximum Gasteiger partial charge on any atom is 0.409 e. The summed E-state index contributed by atoms with van der Waals surface area (Å²) in [6.45, 7) is 3.94. The number of alkyl halides is 3. The second-order valence-electron chi connectivity index (χ2n) is 3.70. The molecule has 64 valence electrons. The van der Waals surface area contributed by atoms with E-state index < -0.39 is 6.18 Å². The van der Waals surface area contributed by atoms with Crippen molar-refractivity contribution < 1.29 is 13.2 Å². The molecule has 1 saturated carbocycles. The van der Waals surface area contributed by atoms with E-state index in [4.69, 9.17) is 0 Å². The van der Waals surface area contributed by atoms with Gasteiger partial charge in [0.15, 0.2) is 0 Å². The molecule has 1 aliphatic rings. The van der Waals surface area contributed by atoms with Crippen molar-refractivity contribution in [2.45, 2.75) is 26.4 Å². The number of allylic oxidation sites excluding steroid dienone is 2. The molecule has 0 aromatic heterocycles. The van der Waals surface area contributed by atoms with Crippen LogP contribution in [0.25, 0.3) is 0 Å². The molecule has 0 amide bonds. The summed E-state index contributed by atoms with van der Waals surface area (Å²) in [7, 11) is 0. The maximum atomic E-state index is 11.6. The number of halogens is 3. The SMILES string of the molecule is CC1(C)CC1/C=C/C(F)(F)F. The van der Waals surface area contributed by atoms with Crippen molar-refractivity contribution in [3.8, 4) is 0 Å². The van der Waals surface area contributed by atoms with Crippen LogP contribution in [0.5, 0.6) is 0 Å². The molecule has 1 unspecified atom stereocenters. The summed E-state index contributed by atoms with van der Waals surface area (Å²) in [4.78, 5) is 0. The first-order valence-corrected chi connectivity index (χ1v) is 3.57. The lowest BCUT2D eigenvalue weighted by atomic mass is 10.1. The van der Waals surface area contributed by atoms with Gasteiger partial charge in [-0.1, -0.05) is 19.9 Å². The van der Waals surface area contributed by atoms with Gasteiger partial charge in [-0.3, -0.25) is 0 Å². The molecule has 1 atom stereocenters. The molecule has 3 heteroatoms. The number of hydrogen-bond donors (Lipinski definition) is 0. The number of rotatable bonds is 1. The molecule has 0 N–H and O–H groups in total. The van der Waals surface area contributed by atoms with Crippen molar-refractivity contribution in [2.24, 2.45) is 11.3 Å². The van der Waals surface area contributed by atoms with E-state index in [1.165, 1.54) is 6.08 Å². The lowest BCUT2D eigenvalue weighted by Gasteiger charge is -1.98. The summed E-state index contributed by atoms with van der Waals surface area (Å²) in [5.41, 5.74) is 0.0990. The zero-order valence-electron chi connectivity index (χ0n) is 6.57. The van der Waals surface area contributed by atoms with Gasteiger partial charge in [0.25, 0.3) is 0 Å². The Morgan fingerprint density at radius 2 is 1.82 bits per heavy atom. The Labute approximate surface area is 64.1 Å². The van der Waals surface area contributed by atoms with Crippen molar-refractivity contribution in [3.63, 3.8) is 0 Å². The molecule has 1 fully saturated rings. The molecule has 0 spiro atoms. The Hall–Kier alpha value is -0.470. The third-order valence-electron chi connectivity index (χ3n) is 2.11. The predicted molar refractivity (Wildman–Crippen MR) is 37.1 cm³/mol. The fourth-order valence-electron chi connectivity index (χ4n) is 1.06. The average Bonchev–Trinajstić information content (AvgIpc) is 2.33. The van der Waals surface area contributed by atoms with E-state index in [0.29, 0.717) is 6.08 Å². The molecule has 0 radical (unpaired) electrons. The van der Waals surface area contributed by atoms with Crippen molar-refractivity contribution in [1.82, 2.24) is 0 Å². The molecule has 0 aromatic rings. The first kappa shape index (κ1) is 8.62. The zero-order valence-corrected chi connectivity index (χ0v) is 6.57. The summed E-state index contributed by atoms with van der Waals surface area (Å²) in [6, 6.07) is 0. The Morgan fingerprint density at radius 3 is 2.09 bits per heavy atom. The summed E-state index contributed by atoms with van der Waals surface area (Å²) >= 11 is 0. The van der Waals surface area contributed by atoms with E-state index >= 15 is 0 Å². The maximum absolute atomic E-state index is 11.6. The Kier molecular flexibility index (Phi) is 1.77. The molecule has 0 bridgehead atoms. The van der Waals surface area contributed by atoms with Crippen LogP contribution in [0.3, 0.4) is 0 Å². The molecule has 0 heterocycles. The minimum Gasteiger partial charge on any atom is -0.167 e. The zero-order chi connectivity index (χ0) is 8.70. The first-order valence-electron chi connectivity index (χ1n) is 3.57. The highest BCUT2D eigenvalue weighted by Crippen LogP contribution is 2.52. The van der Waals surface area contributed by atoms with Crippen LogP contribution in [0.15, 0.2) is 12.2 Å². The third-order valence-corrected chi connectivity index (χ3v) is 2.11. The van der Waals surface area contributed by atoms with E-state index in [9.17, 15) is 13.2 Å². The Bertz CT molecular complexity index is 176. The Balaban J connectivity index is 2.40. The standard InChI is InChI=1S/C8H11F3/c1-7(2)5-6(7)3-4-8(9,10)11/h3-4,6H,5H2,1-2H3/b4-3+. The molecule has 0 aromatic carbocycles. The number of hydrogen-bond acceptors (Lipinski definition) is 0. The predicted octanol–water partition coefficient (Wildman–Crippen LogP) is 3.15. The monoisotopic (exact) mass is 164 g/mol. The van der Waals surface area contributed by atoms with Gasteiger partial charge in [0, 0.05) is 6.08 Å². The Morgan fingerprint density at radius 1 is 1.36 bits per heavy atom. The van der Waals surface area contributed by atoms with Gasteiger partial charge < -0.3 is 0 Å². The largest absolute Gasteiger partial charge is 0.409 e. The highest BCUT2D eigenvalue weighted by Gasteiger charge is 2.44. The van der Waals surface area contributed by atoms with Gasteiger partial charge >= 0.3 is 6.18 Å². The van der Waals surface area contributed by atoms with Crippen LogP contribution < -0.4 is 0 Å². The van der Waals surface area contributed by atoms with Crippen LogP contribution in [-0.4, -0.2) is 6.18 Å². The van der Waals surface area contributed by atoms with E-state index in [2.05, 4.69) is 0 Å². The van der Waals surface area contributed by atoms with Gasteiger partial charge in [0.05, 0.1) is 0 Å². The second kappa shape index (κ2) is 2.26. The van der Waals surface area contributed by atoms with Gasteiger partial charge in [-0.15, -0.1) is 0 Å². The normalized spacial score (nSPS) is 29.4. The molecule has 1 aliphatic carbocycles. The van der Waals surface area contributed by atoms with Crippen molar-refractivity contribution in [2.75, 3.05) is 0 Å². The summed E-state index contributed by atoms with van der Waals surface area (Å²) in [5, 5.41) is 0. The van der Waals surface area contributed by atoms with Gasteiger partial charge in [-0.25, -0.2) is 0 Å². The lowest BCUT2D eigenvalue weighted by Crippen LogP contribution is -2.01. The molecule has 11 heavy (non-hydrogen) atoms. The minimum atomic E-state index is -4.14. The minimum absolute atomic E-state index is 0.0990. The molecule has 0 aliphatic heterocycles. The average molecular weight is 164 g/mol. The first-order chi connectivity index (χ1) is 4.81. The molecule has 0 saturated heterocycles. The van der Waals surface area contributed by atoms with Gasteiger partial charge in [0.2, 0.25) is 0 Å². The van der Waals surface area contributed by atoms with E-state index in [0.717, 1.165) is 6.42 Å². The summed E-state index contributed by atoms with van der Waals surface area (Å²) in [5.74, 6) is 0.129. The summed E-state index contributed by atoms with van der Waals surface area (Å²) < 4.78 is 34.8. The smallest absolute Gasteiger partial charge is 0.167 e. The van der Waals surface area contributed by atoms with Crippen molar-refractivity contribution >= 4 is 0 Å². The van der Waals surface area contributed by atoms with Gasteiger partial charge in [0.1, 0.15) is 0 Å². The highest BCUT2D eigenvalue weighted by molar-refractivity contribution is 5.09. The highest BCUT2D eigenvalue weighted by atomic mass is 19.4. The molecular weight excluding hydrogens is 153 g/mol. The third kappa shape index (κ3) is 2.56. The van der Waals surface area contributed by atoms with Crippen LogP contribution in [0, 0.1) is 11.3 Å². The fourth-order valence-corrected chi connectivity index (χ4v) is 1.06. The van der Waals surface area contributed by atoms with Crippen molar-refractivity contribution in [3.05, 3.63) is 12.2 Å². The van der Waals surface area contributed by atoms with Crippen molar-refractivity contribution in [1.29, 1.82) is 0 Å². The van der Waals surface area contributed by atoms with Crippen LogP contribution in [0.4, 0.5) is 13.2 Å². The van der Waals surface area contributed by atoms with Crippen LogP contribution >= 0.6 is 0 Å². The van der Waals surface area contributed by atoms with Crippen LogP contribution in [0.1, 0.15) is 20.3 Å². The van der Waals surface area contributed by atoms with Gasteiger partial charge in [-0.05, 0) is 17.8 Å². The topological polar surface area (TPSA) is 0 Å². The van der Waals surface area contributed by atoms with E-state index in [1.54, 1.807) is 0 Å². The molecule has 1 rings (SSSR count). The quantitative estimate of drug-likeness (QED) is 0.522. The lowest BCUT2D eigenvalue weighted by molar-refractivity contribution is -0.0801. The van der Waals surface area contributed by atoms with E-state index in [1.807, 2.05) is 13.8 Å². The van der Waals surface area contributed by atoms with Crippen LogP contribution in [-0.2, 0) is 0 Å². The molecule has 0 nitrogen and oxygen atoms in total. The van der Waals surface area contributed by atoms with E-state index in [-0.39, 0.29) is 11.3 Å². The summed E-state index contributed by atoms with van der Waals surface area (Å²) in [6.07, 6.45) is -1.66. The fraction of sp³-hybridized carbons (Fsp3) is 0.750. The second-order valence-corrected chi connectivity index (χ2v) is 3.70.